The van der Waals surface area contributed by atoms with Crippen molar-refractivity contribution in [1.82, 2.24) is 10.3 Å². The molecule has 4 nitrogen and oxygen atoms in total. The fourth-order valence-corrected chi connectivity index (χ4v) is 3.46. The molecule has 0 bridgehead atoms. The van der Waals surface area contributed by atoms with E-state index in [4.69, 9.17) is 11.6 Å². The molecule has 1 amide bonds. The molecule has 0 saturated carbocycles. The highest BCUT2D eigenvalue weighted by Gasteiger charge is 2.09. The fraction of sp³-hybridized carbons (Fsp3) is 0.286. The molecule has 0 fully saturated rings. The molecule has 7 heteroatoms. The Morgan fingerprint density at radius 1 is 1.48 bits per heavy atom. The number of hydrogen-bond donors (Lipinski definition) is 2. The number of thiophene rings is 1. The lowest BCUT2D eigenvalue weighted by molar-refractivity contribution is 0.0954. The number of halogens is 2. The lowest BCUT2D eigenvalue weighted by Gasteiger charge is -2.07. The Bertz CT molecular complexity index is 632. The number of pyridine rings is 1. The van der Waals surface area contributed by atoms with Crippen LogP contribution in [0.4, 0.5) is 5.82 Å². The number of carbonyl (C=O) groups is 1. The summed E-state index contributed by atoms with van der Waals surface area (Å²) in [6, 6.07) is 5.68. The molecule has 0 aromatic carbocycles. The zero-order valence-electron chi connectivity index (χ0n) is 11.5. The molecule has 2 aromatic heterocycles. The standard InChI is InChI=1S/C14H15BrClN3OS/c1-2-17-13-11(16)7-9(8-19-13)14(20)18-6-5-10-3-4-12(15)21-10/h3-4,7-8H,2,5-6H2,1H3,(H,17,19)(H,18,20). The quantitative estimate of drug-likeness (QED) is 0.787. The molecule has 0 aliphatic carbocycles. The number of aromatic nitrogens is 1. The van der Waals surface area contributed by atoms with E-state index < -0.39 is 0 Å². The number of nitrogens with zero attached hydrogens (tertiary/aromatic N) is 1. The highest BCUT2D eigenvalue weighted by molar-refractivity contribution is 9.11. The summed E-state index contributed by atoms with van der Waals surface area (Å²) in [4.78, 5) is 17.4. The average Bonchev–Trinajstić information content (AvgIpc) is 2.87. The normalized spacial score (nSPS) is 10.4. The summed E-state index contributed by atoms with van der Waals surface area (Å²) in [6.45, 7) is 3.27. The van der Waals surface area contributed by atoms with E-state index in [2.05, 4.69) is 31.5 Å². The van der Waals surface area contributed by atoms with Gasteiger partial charge in [-0.15, -0.1) is 11.3 Å². The zero-order valence-corrected chi connectivity index (χ0v) is 14.6. The zero-order chi connectivity index (χ0) is 15.2. The lowest BCUT2D eigenvalue weighted by atomic mass is 10.2. The molecule has 2 aromatic rings. The number of amides is 1. The first-order valence-electron chi connectivity index (χ1n) is 6.52. The van der Waals surface area contributed by atoms with Gasteiger partial charge in [-0.05, 0) is 47.5 Å². The van der Waals surface area contributed by atoms with Crippen LogP contribution in [0.25, 0.3) is 0 Å². The SMILES string of the molecule is CCNc1ncc(C(=O)NCCc2ccc(Br)s2)cc1Cl. The Morgan fingerprint density at radius 2 is 2.29 bits per heavy atom. The topological polar surface area (TPSA) is 54.0 Å². The van der Waals surface area contributed by atoms with Crippen molar-refractivity contribution in [1.29, 1.82) is 0 Å². The summed E-state index contributed by atoms with van der Waals surface area (Å²) in [5.41, 5.74) is 0.467. The average molecular weight is 389 g/mol. The summed E-state index contributed by atoms with van der Waals surface area (Å²) in [5, 5.41) is 6.35. The Kier molecular flexibility index (Phi) is 6.02. The maximum absolute atomic E-state index is 12.0. The Labute approximate surface area is 141 Å². The van der Waals surface area contributed by atoms with Gasteiger partial charge in [0, 0.05) is 24.2 Å². The maximum Gasteiger partial charge on any atom is 0.252 e. The van der Waals surface area contributed by atoms with Crippen LogP contribution in [-0.2, 0) is 6.42 Å². The van der Waals surface area contributed by atoms with Crippen LogP contribution < -0.4 is 10.6 Å². The van der Waals surface area contributed by atoms with Gasteiger partial charge in [-0.1, -0.05) is 11.6 Å². The molecular weight excluding hydrogens is 374 g/mol. The molecule has 0 radical (unpaired) electrons. The highest BCUT2D eigenvalue weighted by atomic mass is 79.9. The van der Waals surface area contributed by atoms with Gasteiger partial charge in [-0.2, -0.15) is 0 Å². The second-order valence-electron chi connectivity index (χ2n) is 4.30. The van der Waals surface area contributed by atoms with E-state index in [1.54, 1.807) is 17.4 Å². The molecule has 0 aliphatic heterocycles. The Morgan fingerprint density at radius 3 is 2.90 bits per heavy atom. The number of anilines is 1. The van der Waals surface area contributed by atoms with Crippen LogP contribution in [0.1, 0.15) is 22.2 Å². The molecular formula is C14H15BrClN3OS. The highest BCUT2D eigenvalue weighted by Crippen LogP contribution is 2.22. The third-order valence-corrected chi connectivity index (χ3v) is 4.70. The predicted molar refractivity (Wildman–Crippen MR) is 91.5 cm³/mol. The summed E-state index contributed by atoms with van der Waals surface area (Å²) in [6.07, 6.45) is 2.33. The van der Waals surface area contributed by atoms with Crippen LogP contribution in [0, 0.1) is 0 Å². The van der Waals surface area contributed by atoms with Gasteiger partial charge in [0.15, 0.2) is 0 Å². The molecule has 0 aliphatic rings. The van der Waals surface area contributed by atoms with Gasteiger partial charge in [0.05, 0.1) is 14.4 Å². The molecule has 2 N–H and O–H groups in total. The monoisotopic (exact) mass is 387 g/mol. The van der Waals surface area contributed by atoms with E-state index in [1.807, 2.05) is 19.1 Å². The molecule has 0 saturated heterocycles. The minimum absolute atomic E-state index is 0.164. The number of hydrogen-bond acceptors (Lipinski definition) is 4. The van der Waals surface area contributed by atoms with Crippen LogP contribution >= 0.6 is 38.9 Å². The van der Waals surface area contributed by atoms with Crippen molar-refractivity contribution < 1.29 is 4.79 Å². The van der Waals surface area contributed by atoms with E-state index in [1.165, 1.54) is 11.1 Å². The van der Waals surface area contributed by atoms with Gasteiger partial charge in [0.2, 0.25) is 0 Å². The van der Waals surface area contributed by atoms with Crippen molar-refractivity contribution in [2.75, 3.05) is 18.4 Å². The lowest BCUT2D eigenvalue weighted by Crippen LogP contribution is -2.25. The smallest absolute Gasteiger partial charge is 0.252 e. The third-order valence-electron chi connectivity index (χ3n) is 2.73. The largest absolute Gasteiger partial charge is 0.369 e. The van der Waals surface area contributed by atoms with Gasteiger partial charge in [0.25, 0.3) is 5.91 Å². The molecule has 112 valence electrons. The second-order valence-corrected chi connectivity index (χ2v) is 7.25. The third kappa shape index (κ3) is 4.69. The Hall–Kier alpha value is -1.11. The Balaban J connectivity index is 1.89. The van der Waals surface area contributed by atoms with Crippen LogP contribution in [0.5, 0.6) is 0 Å². The van der Waals surface area contributed by atoms with Crippen molar-refractivity contribution in [3.63, 3.8) is 0 Å². The summed E-state index contributed by atoms with van der Waals surface area (Å²) in [7, 11) is 0. The van der Waals surface area contributed by atoms with Crippen molar-refractivity contribution in [3.05, 3.63) is 43.6 Å². The van der Waals surface area contributed by atoms with Crippen molar-refractivity contribution in [2.45, 2.75) is 13.3 Å². The van der Waals surface area contributed by atoms with Gasteiger partial charge in [-0.25, -0.2) is 4.98 Å². The van der Waals surface area contributed by atoms with E-state index in [0.717, 1.165) is 16.8 Å². The minimum Gasteiger partial charge on any atom is -0.369 e. The molecule has 2 rings (SSSR count). The van der Waals surface area contributed by atoms with E-state index in [-0.39, 0.29) is 5.91 Å². The van der Waals surface area contributed by atoms with Crippen LogP contribution in [0.2, 0.25) is 5.02 Å². The fourth-order valence-electron chi connectivity index (χ4n) is 1.75. The molecule has 0 unspecified atom stereocenters. The summed E-state index contributed by atoms with van der Waals surface area (Å²) >= 11 is 11.2. The van der Waals surface area contributed by atoms with Crippen molar-refractivity contribution >= 4 is 50.6 Å². The van der Waals surface area contributed by atoms with Crippen LogP contribution in [0.3, 0.4) is 0 Å². The first kappa shape index (κ1) is 16.3. The molecule has 21 heavy (non-hydrogen) atoms. The first-order valence-corrected chi connectivity index (χ1v) is 8.50. The number of nitrogens with one attached hydrogen (secondary N) is 2. The van der Waals surface area contributed by atoms with Crippen LogP contribution in [0.15, 0.2) is 28.2 Å². The van der Waals surface area contributed by atoms with E-state index >= 15 is 0 Å². The van der Waals surface area contributed by atoms with Gasteiger partial charge in [-0.3, -0.25) is 4.79 Å². The van der Waals surface area contributed by atoms with Gasteiger partial charge in [0.1, 0.15) is 5.82 Å². The minimum atomic E-state index is -0.164. The summed E-state index contributed by atoms with van der Waals surface area (Å²) < 4.78 is 1.10. The molecule has 0 atom stereocenters. The first-order chi connectivity index (χ1) is 10.1. The molecule has 0 spiro atoms. The molecule has 2 heterocycles. The maximum atomic E-state index is 12.0. The summed E-state index contributed by atoms with van der Waals surface area (Å²) in [5.74, 6) is 0.433. The van der Waals surface area contributed by atoms with Crippen molar-refractivity contribution in [3.8, 4) is 0 Å². The number of carbonyl (C=O) groups excluding carboxylic acids is 1. The van der Waals surface area contributed by atoms with E-state index in [9.17, 15) is 4.79 Å². The second kappa shape index (κ2) is 7.77. The van der Waals surface area contributed by atoms with Gasteiger partial charge >= 0.3 is 0 Å². The predicted octanol–water partition coefficient (Wildman–Crippen LogP) is 3.96. The van der Waals surface area contributed by atoms with Crippen LogP contribution in [-0.4, -0.2) is 24.0 Å². The van der Waals surface area contributed by atoms with Crippen molar-refractivity contribution in [2.24, 2.45) is 0 Å². The number of rotatable bonds is 6. The van der Waals surface area contributed by atoms with Gasteiger partial charge < -0.3 is 10.6 Å². The van der Waals surface area contributed by atoms with E-state index in [0.29, 0.717) is 22.9 Å².